The average Bonchev–Trinajstić information content (AvgIpc) is 2.33. The van der Waals surface area contributed by atoms with Crippen molar-refractivity contribution in [3.63, 3.8) is 0 Å². The highest BCUT2D eigenvalue weighted by atomic mass is 35.5. The molecule has 0 fully saturated rings. The van der Waals surface area contributed by atoms with Crippen molar-refractivity contribution in [2.45, 2.75) is 10.3 Å². The van der Waals surface area contributed by atoms with Gasteiger partial charge in [-0.2, -0.15) is 12.8 Å². The lowest BCUT2D eigenvalue weighted by atomic mass is 10.4. The number of alkyl halides is 1. The third-order valence-electron chi connectivity index (χ3n) is 2.17. The van der Waals surface area contributed by atoms with E-state index in [0.29, 0.717) is 0 Å². The van der Waals surface area contributed by atoms with Crippen LogP contribution in [0.25, 0.3) is 0 Å². The van der Waals surface area contributed by atoms with Crippen molar-refractivity contribution >= 4 is 62.3 Å². The van der Waals surface area contributed by atoms with Crippen LogP contribution in [0, 0.1) is 0 Å². The number of sulfonamides is 1. The van der Waals surface area contributed by atoms with Gasteiger partial charge in [0.2, 0.25) is 0 Å². The quantitative estimate of drug-likeness (QED) is 0.346. The molecule has 0 unspecified atom stereocenters. The Labute approximate surface area is 136 Å². The molecule has 0 aromatic heterocycles. The SMILES string of the molecule is COC[C@@H](Cl)C(N)=[NH+]S(=O)(=O)c1cc(Cl)c(Cl)cc1Cl. The first-order valence-corrected chi connectivity index (χ1v) is 8.17. The smallest absolute Gasteiger partial charge is 0.330 e. The maximum atomic E-state index is 12.1. The molecule has 0 amide bonds. The zero-order chi connectivity index (χ0) is 15.5. The average molecular weight is 381 g/mol. The number of methoxy groups -OCH3 is 1. The van der Waals surface area contributed by atoms with E-state index in [2.05, 4.69) is 4.40 Å². The van der Waals surface area contributed by atoms with Crippen LogP contribution in [0.15, 0.2) is 17.0 Å². The lowest BCUT2D eigenvalue weighted by Gasteiger charge is -2.06. The Balaban J connectivity index is 3.24. The van der Waals surface area contributed by atoms with Crippen LogP contribution in [0.2, 0.25) is 15.1 Å². The molecule has 1 aromatic rings. The van der Waals surface area contributed by atoms with Crippen molar-refractivity contribution in [1.82, 2.24) is 0 Å². The summed E-state index contributed by atoms with van der Waals surface area (Å²) in [7, 11) is -2.61. The number of rotatable bonds is 5. The highest BCUT2D eigenvalue weighted by Crippen LogP contribution is 2.30. The molecule has 5 nitrogen and oxygen atoms in total. The number of hydrogen-bond donors (Lipinski definition) is 2. The zero-order valence-corrected chi connectivity index (χ0v) is 14.0. The Morgan fingerprint density at radius 3 is 2.40 bits per heavy atom. The molecule has 0 spiro atoms. The first-order chi connectivity index (χ1) is 9.19. The number of nitrogens with two attached hydrogens (primary N) is 1. The Morgan fingerprint density at radius 2 is 1.85 bits per heavy atom. The predicted molar refractivity (Wildman–Crippen MR) is 80.3 cm³/mol. The summed E-state index contributed by atoms with van der Waals surface area (Å²) in [6.45, 7) is 0.0466. The van der Waals surface area contributed by atoms with E-state index >= 15 is 0 Å². The van der Waals surface area contributed by atoms with Crippen LogP contribution < -0.4 is 10.1 Å². The number of halogens is 4. The molecule has 0 saturated heterocycles. The third-order valence-corrected chi connectivity index (χ3v) is 5.10. The molecular formula is C10H11Cl4N2O3S+. The molecule has 20 heavy (non-hydrogen) atoms. The minimum atomic E-state index is -4.02. The summed E-state index contributed by atoms with van der Waals surface area (Å²) in [4.78, 5) is -0.252. The molecule has 0 aliphatic carbocycles. The molecule has 0 saturated carbocycles. The van der Waals surface area contributed by atoms with Crippen LogP contribution in [-0.2, 0) is 14.8 Å². The summed E-state index contributed by atoms with van der Waals surface area (Å²) in [5, 5.41) is -0.717. The largest absolute Gasteiger partial charge is 0.382 e. The van der Waals surface area contributed by atoms with E-state index in [1.807, 2.05) is 0 Å². The molecule has 1 aromatic carbocycles. The number of amidine groups is 1. The second-order valence-corrected chi connectivity index (χ2v) is 7.08. The molecule has 0 aliphatic rings. The Bertz CT molecular complexity index is 634. The Morgan fingerprint density at radius 1 is 1.30 bits per heavy atom. The fraction of sp³-hybridized carbons (Fsp3) is 0.300. The van der Waals surface area contributed by atoms with Crippen LogP contribution in [-0.4, -0.2) is 33.3 Å². The summed E-state index contributed by atoms with van der Waals surface area (Å²) in [6.07, 6.45) is 0. The van der Waals surface area contributed by atoms with Gasteiger partial charge in [0.1, 0.15) is 4.90 Å². The molecule has 1 rings (SSSR count). The molecule has 10 heteroatoms. The minimum absolute atomic E-state index is 0.0466. The maximum absolute atomic E-state index is 12.1. The number of ether oxygens (including phenoxy) is 1. The van der Waals surface area contributed by atoms with Crippen molar-refractivity contribution in [3.05, 3.63) is 27.2 Å². The second kappa shape index (κ2) is 7.15. The van der Waals surface area contributed by atoms with Gasteiger partial charge in [0, 0.05) is 7.11 Å². The third kappa shape index (κ3) is 4.38. The van der Waals surface area contributed by atoms with E-state index in [4.69, 9.17) is 56.9 Å². The number of hydrogen-bond acceptors (Lipinski definition) is 3. The highest BCUT2D eigenvalue weighted by molar-refractivity contribution is 7.85. The predicted octanol–water partition coefficient (Wildman–Crippen LogP) is 1.03. The van der Waals surface area contributed by atoms with E-state index < -0.39 is 15.4 Å². The second-order valence-electron chi connectivity index (χ2n) is 3.68. The minimum Gasteiger partial charge on any atom is -0.382 e. The van der Waals surface area contributed by atoms with Gasteiger partial charge in [-0.15, -0.1) is 11.6 Å². The van der Waals surface area contributed by atoms with Gasteiger partial charge in [0.15, 0.2) is 5.38 Å². The topological polar surface area (TPSA) is 83.4 Å². The fourth-order valence-electron chi connectivity index (χ4n) is 1.22. The summed E-state index contributed by atoms with van der Waals surface area (Å²) in [5.74, 6) is -0.185. The Hall–Kier alpha value is -0.240. The van der Waals surface area contributed by atoms with Crippen molar-refractivity contribution in [2.75, 3.05) is 13.7 Å². The van der Waals surface area contributed by atoms with Crippen LogP contribution in [0.3, 0.4) is 0 Å². The highest BCUT2D eigenvalue weighted by Gasteiger charge is 2.24. The van der Waals surface area contributed by atoms with Crippen LogP contribution in [0.1, 0.15) is 0 Å². The molecule has 0 bridgehead atoms. The number of nitrogens with one attached hydrogen (secondary N) is 1. The monoisotopic (exact) mass is 379 g/mol. The van der Waals surface area contributed by atoms with Gasteiger partial charge in [0.25, 0.3) is 5.84 Å². The maximum Gasteiger partial charge on any atom is 0.330 e. The van der Waals surface area contributed by atoms with Crippen LogP contribution in [0.5, 0.6) is 0 Å². The van der Waals surface area contributed by atoms with Gasteiger partial charge >= 0.3 is 10.0 Å². The molecule has 112 valence electrons. The van der Waals surface area contributed by atoms with E-state index in [0.717, 1.165) is 6.07 Å². The van der Waals surface area contributed by atoms with E-state index in [1.165, 1.54) is 13.2 Å². The van der Waals surface area contributed by atoms with Crippen LogP contribution in [0.4, 0.5) is 0 Å². The lowest BCUT2D eigenvalue weighted by molar-refractivity contribution is -0.270. The molecule has 3 N–H and O–H groups in total. The van der Waals surface area contributed by atoms with Crippen molar-refractivity contribution in [2.24, 2.45) is 5.73 Å². The molecule has 0 radical (unpaired) electrons. The summed E-state index contributed by atoms with van der Waals surface area (Å²) >= 11 is 23.2. The van der Waals surface area contributed by atoms with E-state index in [1.54, 1.807) is 0 Å². The van der Waals surface area contributed by atoms with Gasteiger partial charge in [-0.25, -0.2) is 0 Å². The van der Waals surface area contributed by atoms with Crippen molar-refractivity contribution in [3.8, 4) is 0 Å². The summed E-state index contributed by atoms with van der Waals surface area (Å²) < 4.78 is 31.2. The van der Waals surface area contributed by atoms with Crippen molar-refractivity contribution in [1.29, 1.82) is 0 Å². The molecular weight excluding hydrogens is 370 g/mol. The summed E-state index contributed by atoms with van der Waals surface area (Å²) in [6, 6.07) is 2.35. The molecule has 0 heterocycles. The standard InChI is InChI=1S/C10H10Cl4N2O3S/c1-19-4-8(14)10(15)16-20(17,18)9-3-6(12)5(11)2-7(9)13/h2-3,8H,4H2,1H3,(H2,15,16)/p+1/t8-/m1/s1. The molecule has 1 atom stereocenters. The van der Waals surface area contributed by atoms with Gasteiger partial charge in [-0.1, -0.05) is 34.8 Å². The van der Waals surface area contributed by atoms with E-state index in [9.17, 15) is 8.42 Å². The van der Waals surface area contributed by atoms with Gasteiger partial charge < -0.3 is 4.74 Å². The first kappa shape index (κ1) is 17.8. The first-order valence-electron chi connectivity index (χ1n) is 5.11. The molecule has 0 aliphatic heterocycles. The fourth-order valence-corrected chi connectivity index (χ4v) is 3.53. The van der Waals surface area contributed by atoms with E-state index in [-0.39, 0.29) is 32.4 Å². The summed E-state index contributed by atoms with van der Waals surface area (Å²) in [5.41, 5.74) is 5.56. The van der Waals surface area contributed by atoms with Crippen LogP contribution >= 0.6 is 46.4 Å². The Kier molecular flexibility index (Phi) is 6.37. The van der Waals surface area contributed by atoms with Gasteiger partial charge in [-0.05, 0) is 12.1 Å². The normalized spacial score (nSPS) is 14.3. The van der Waals surface area contributed by atoms with Gasteiger partial charge in [0.05, 0.1) is 21.7 Å². The lowest BCUT2D eigenvalue weighted by Crippen LogP contribution is -2.80. The number of benzene rings is 1. The van der Waals surface area contributed by atoms with Crippen molar-refractivity contribution < 1.29 is 17.6 Å². The zero-order valence-electron chi connectivity index (χ0n) is 10.2. The van der Waals surface area contributed by atoms with Gasteiger partial charge in [-0.3, -0.25) is 5.73 Å².